The maximum atomic E-state index is 13.4. The second kappa shape index (κ2) is 7.49. The number of hydrogen-bond acceptors (Lipinski definition) is 5. The van der Waals surface area contributed by atoms with Crippen molar-refractivity contribution in [3.8, 4) is 0 Å². The smallest absolute Gasteiger partial charge is 0.255 e. The van der Waals surface area contributed by atoms with Gasteiger partial charge in [-0.25, -0.2) is 15.2 Å². The normalized spacial score (nSPS) is 14.5. The summed E-state index contributed by atoms with van der Waals surface area (Å²) in [5.41, 5.74) is 7.40. The van der Waals surface area contributed by atoms with Crippen molar-refractivity contribution in [2.75, 3.05) is 18.1 Å². The Hall–Kier alpha value is -2.35. The molecular weight excluding hydrogens is 380 g/mol. The van der Waals surface area contributed by atoms with E-state index in [1.165, 1.54) is 16.0 Å². The molecule has 1 amide bonds. The van der Waals surface area contributed by atoms with Crippen LogP contribution < -0.4 is 16.6 Å². The number of anilines is 1. The van der Waals surface area contributed by atoms with Crippen LogP contribution in [0.2, 0.25) is 10.0 Å². The van der Waals surface area contributed by atoms with E-state index in [0.29, 0.717) is 30.2 Å². The minimum atomic E-state index is -0.678. The summed E-state index contributed by atoms with van der Waals surface area (Å²) in [7, 11) is 0. The Morgan fingerprint density at radius 3 is 2.65 bits per heavy atom. The summed E-state index contributed by atoms with van der Waals surface area (Å²) in [6.45, 7) is 0.542. The van der Waals surface area contributed by atoms with Crippen LogP contribution in [0.25, 0.3) is 0 Å². The fraction of sp³-hybridized carbons (Fsp3) is 0.176. The van der Waals surface area contributed by atoms with E-state index >= 15 is 0 Å². The zero-order valence-corrected chi connectivity index (χ0v) is 15.1. The first-order valence-corrected chi connectivity index (χ1v) is 8.52. The molecule has 1 aliphatic rings. The summed E-state index contributed by atoms with van der Waals surface area (Å²) in [6, 6.07) is 7.78. The molecule has 4 N–H and O–H groups in total. The number of amides is 1. The van der Waals surface area contributed by atoms with Gasteiger partial charge < -0.3 is 10.6 Å². The number of halogens is 3. The molecule has 3 rings (SSSR count). The second-order valence-electron chi connectivity index (χ2n) is 5.73. The van der Waals surface area contributed by atoms with E-state index in [1.54, 1.807) is 18.3 Å². The van der Waals surface area contributed by atoms with E-state index in [4.69, 9.17) is 34.8 Å². The van der Waals surface area contributed by atoms with Crippen molar-refractivity contribution >= 4 is 34.9 Å². The van der Waals surface area contributed by atoms with Crippen molar-refractivity contribution in [3.05, 3.63) is 69.3 Å². The highest BCUT2D eigenvalue weighted by Gasteiger charge is 2.27. The Labute approximate surface area is 159 Å². The van der Waals surface area contributed by atoms with E-state index < -0.39 is 5.82 Å². The predicted octanol–water partition coefficient (Wildman–Crippen LogP) is 2.92. The van der Waals surface area contributed by atoms with Gasteiger partial charge in [-0.2, -0.15) is 0 Å². The number of pyridine rings is 1. The standard InChI is InChI=1S/C17H16Cl2FN5O/c18-15-10(4-5-11(20)16(15)19)17(26)24-8-6-13(12(21)9-24)25(22)14-3-1-2-7-23-14/h1-5,7H,6,8-9,21-22H2. The molecule has 6 nitrogen and oxygen atoms in total. The predicted molar refractivity (Wildman–Crippen MR) is 99.1 cm³/mol. The molecule has 2 aromatic rings. The fourth-order valence-electron chi connectivity index (χ4n) is 2.72. The first-order chi connectivity index (χ1) is 12.4. The molecule has 0 spiro atoms. The quantitative estimate of drug-likeness (QED) is 0.473. The topological polar surface area (TPSA) is 88.5 Å². The van der Waals surface area contributed by atoms with E-state index in [1.807, 2.05) is 6.07 Å². The average Bonchev–Trinajstić information content (AvgIpc) is 2.66. The Morgan fingerprint density at radius 1 is 1.23 bits per heavy atom. The van der Waals surface area contributed by atoms with Crippen LogP contribution in [0.15, 0.2) is 47.9 Å². The lowest BCUT2D eigenvalue weighted by Gasteiger charge is -2.33. The van der Waals surface area contributed by atoms with Crippen molar-refractivity contribution < 1.29 is 9.18 Å². The minimum absolute atomic E-state index is 0.112. The second-order valence-corrected chi connectivity index (χ2v) is 6.49. The maximum absolute atomic E-state index is 13.4. The number of nitrogens with zero attached hydrogens (tertiary/aromatic N) is 3. The van der Waals surface area contributed by atoms with Gasteiger partial charge in [0.25, 0.3) is 5.91 Å². The van der Waals surface area contributed by atoms with Crippen LogP contribution in [-0.2, 0) is 0 Å². The summed E-state index contributed by atoms with van der Waals surface area (Å²) in [6.07, 6.45) is 2.07. The molecule has 0 radical (unpaired) electrons. The number of carbonyl (C=O) groups excluding carboxylic acids is 1. The molecule has 2 heterocycles. The Morgan fingerprint density at radius 2 is 2.00 bits per heavy atom. The van der Waals surface area contributed by atoms with Gasteiger partial charge in [-0.15, -0.1) is 0 Å². The molecule has 1 aromatic heterocycles. The maximum Gasteiger partial charge on any atom is 0.255 e. The lowest BCUT2D eigenvalue weighted by molar-refractivity contribution is 0.0762. The van der Waals surface area contributed by atoms with Crippen LogP contribution in [0.4, 0.5) is 10.2 Å². The van der Waals surface area contributed by atoms with Gasteiger partial charge in [0.1, 0.15) is 11.6 Å². The lowest BCUT2D eigenvalue weighted by Crippen LogP contribution is -2.44. The van der Waals surface area contributed by atoms with Crippen molar-refractivity contribution in [2.24, 2.45) is 11.6 Å². The third kappa shape index (κ3) is 3.46. The number of hydrogen-bond donors (Lipinski definition) is 2. The van der Waals surface area contributed by atoms with Crippen LogP contribution in [0.1, 0.15) is 16.8 Å². The van der Waals surface area contributed by atoms with Gasteiger partial charge in [0, 0.05) is 24.9 Å². The molecular formula is C17H16Cl2FN5O. The third-order valence-electron chi connectivity index (χ3n) is 4.09. The van der Waals surface area contributed by atoms with Gasteiger partial charge in [-0.3, -0.25) is 9.80 Å². The Kier molecular flexibility index (Phi) is 5.31. The van der Waals surface area contributed by atoms with Gasteiger partial charge in [-0.05, 0) is 24.3 Å². The van der Waals surface area contributed by atoms with Gasteiger partial charge in [0.2, 0.25) is 0 Å². The summed E-state index contributed by atoms with van der Waals surface area (Å²) >= 11 is 11.8. The van der Waals surface area contributed by atoms with Crippen LogP contribution >= 0.6 is 23.2 Å². The molecule has 0 atom stereocenters. The van der Waals surface area contributed by atoms with Crippen LogP contribution in [0.3, 0.4) is 0 Å². The summed E-state index contributed by atoms with van der Waals surface area (Å²) in [5.74, 6) is 5.60. The molecule has 136 valence electrons. The SMILES string of the molecule is NC1=C(N(N)c2ccccn2)CCN(C(=O)c2ccc(F)c(Cl)c2Cl)C1. The largest absolute Gasteiger partial charge is 0.399 e. The molecule has 0 saturated carbocycles. The molecule has 0 fully saturated rings. The summed E-state index contributed by atoms with van der Waals surface area (Å²) in [5, 5.41) is 1.03. The zero-order valence-electron chi connectivity index (χ0n) is 13.6. The number of hydrazine groups is 1. The van der Waals surface area contributed by atoms with Gasteiger partial charge >= 0.3 is 0 Å². The van der Waals surface area contributed by atoms with Gasteiger partial charge in [-0.1, -0.05) is 29.3 Å². The number of benzene rings is 1. The highest BCUT2D eigenvalue weighted by molar-refractivity contribution is 6.43. The Balaban J connectivity index is 1.81. The molecule has 26 heavy (non-hydrogen) atoms. The highest BCUT2D eigenvalue weighted by Crippen LogP contribution is 2.30. The molecule has 1 aliphatic heterocycles. The van der Waals surface area contributed by atoms with E-state index in [-0.39, 0.29) is 28.1 Å². The third-order valence-corrected chi connectivity index (χ3v) is 4.95. The van der Waals surface area contributed by atoms with E-state index in [0.717, 1.165) is 6.07 Å². The van der Waals surface area contributed by atoms with Crippen LogP contribution in [0.5, 0.6) is 0 Å². The molecule has 0 bridgehead atoms. The Bertz CT molecular complexity index is 875. The van der Waals surface area contributed by atoms with E-state index in [2.05, 4.69) is 4.98 Å². The van der Waals surface area contributed by atoms with Crippen molar-refractivity contribution in [2.45, 2.75) is 6.42 Å². The van der Waals surface area contributed by atoms with Crippen molar-refractivity contribution in [1.82, 2.24) is 9.88 Å². The van der Waals surface area contributed by atoms with Crippen LogP contribution in [0, 0.1) is 5.82 Å². The molecule has 0 aliphatic carbocycles. The molecule has 0 unspecified atom stereocenters. The zero-order chi connectivity index (χ0) is 18.8. The van der Waals surface area contributed by atoms with Crippen molar-refractivity contribution in [3.63, 3.8) is 0 Å². The molecule has 0 saturated heterocycles. The first-order valence-electron chi connectivity index (χ1n) is 7.76. The van der Waals surface area contributed by atoms with E-state index in [9.17, 15) is 9.18 Å². The summed E-state index contributed by atoms with van der Waals surface area (Å²) in [4.78, 5) is 18.4. The number of carbonyl (C=O) groups is 1. The number of rotatable bonds is 3. The van der Waals surface area contributed by atoms with Gasteiger partial charge in [0.05, 0.1) is 27.9 Å². The first kappa shape index (κ1) is 18.4. The number of aromatic nitrogens is 1. The fourth-order valence-corrected chi connectivity index (χ4v) is 3.12. The number of nitrogens with two attached hydrogens (primary N) is 2. The van der Waals surface area contributed by atoms with Gasteiger partial charge in [0.15, 0.2) is 0 Å². The summed E-state index contributed by atoms with van der Waals surface area (Å²) < 4.78 is 13.4. The molecule has 9 heteroatoms. The minimum Gasteiger partial charge on any atom is -0.399 e. The van der Waals surface area contributed by atoms with Crippen molar-refractivity contribution in [1.29, 1.82) is 0 Å². The highest BCUT2D eigenvalue weighted by atomic mass is 35.5. The monoisotopic (exact) mass is 395 g/mol. The average molecular weight is 396 g/mol. The van der Waals surface area contributed by atoms with Crippen LogP contribution in [-0.4, -0.2) is 28.9 Å². The lowest BCUT2D eigenvalue weighted by atomic mass is 10.1. The molecule has 1 aromatic carbocycles.